The van der Waals surface area contributed by atoms with Crippen LogP contribution in [0.1, 0.15) is 31.3 Å². The molecule has 0 unspecified atom stereocenters. The number of aliphatic hydroxyl groups is 1. The van der Waals surface area contributed by atoms with Crippen molar-refractivity contribution in [3.63, 3.8) is 0 Å². The average molecular weight is 175 g/mol. The first-order valence-corrected chi connectivity index (χ1v) is 3.88. The lowest BCUT2D eigenvalue weighted by Crippen LogP contribution is -1.90. The zero-order valence-electron chi connectivity index (χ0n) is 6.56. The number of aliphatic hydroxyl groups excluding tert-OH is 1. The predicted molar refractivity (Wildman–Crippen MR) is 43.6 cm³/mol. The molecular formula is C7H11ClN2O. The molecular weight excluding hydrogens is 164 g/mol. The summed E-state index contributed by atoms with van der Waals surface area (Å²) in [5.74, 6) is 1.13. The summed E-state index contributed by atoms with van der Waals surface area (Å²) in [4.78, 5) is 6.97. The Morgan fingerprint density at radius 1 is 1.64 bits per heavy atom. The molecule has 0 aliphatic heterocycles. The molecule has 4 heteroatoms. The second-order valence-corrected chi connectivity index (χ2v) is 3.06. The molecule has 11 heavy (non-hydrogen) atoms. The molecule has 1 rings (SSSR count). The lowest BCUT2D eigenvalue weighted by molar-refractivity contribution is 0.277. The van der Waals surface area contributed by atoms with Gasteiger partial charge < -0.3 is 10.1 Å². The summed E-state index contributed by atoms with van der Waals surface area (Å²) in [6.07, 6.45) is 0. The average Bonchev–Trinajstić information content (AvgIpc) is 2.31. The van der Waals surface area contributed by atoms with E-state index in [4.69, 9.17) is 16.7 Å². The molecule has 2 N–H and O–H groups in total. The highest BCUT2D eigenvalue weighted by molar-refractivity contribution is 6.30. The lowest BCUT2D eigenvalue weighted by atomic mass is 10.2. The van der Waals surface area contributed by atoms with Gasteiger partial charge in [0, 0.05) is 5.92 Å². The second-order valence-electron chi connectivity index (χ2n) is 2.70. The molecule has 0 atom stereocenters. The number of H-pyrrole nitrogens is 1. The van der Waals surface area contributed by atoms with Gasteiger partial charge in [0.2, 0.25) is 0 Å². The minimum absolute atomic E-state index is 0.0848. The van der Waals surface area contributed by atoms with Gasteiger partial charge in [0.15, 0.2) is 5.15 Å². The van der Waals surface area contributed by atoms with Crippen molar-refractivity contribution in [1.82, 2.24) is 9.97 Å². The van der Waals surface area contributed by atoms with Crippen molar-refractivity contribution in [2.75, 3.05) is 0 Å². The maximum absolute atomic E-state index is 8.76. The number of halogens is 1. The van der Waals surface area contributed by atoms with E-state index in [-0.39, 0.29) is 6.61 Å². The monoisotopic (exact) mass is 174 g/mol. The number of nitrogens with zero attached hydrogens (tertiary/aromatic N) is 1. The van der Waals surface area contributed by atoms with E-state index in [0.717, 1.165) is 5.82 Å². The van der Waals surface area contributed by atoms with Crippen LogP contribution in [0.2, 0.25) is 5.15 Å². The van der Waals surface area contributed by atoms with Gasteiger partial charge in [-0.3, -0.25) is 0 Å². The first-order chi connectivity index (χ1) is 5.15. The smallest absolute Gasteiger partial charge is 0.152 e. The molecule has 0 amide bonds. The third kappa shape index (κ3) is 1.73. The Hall–Kier alpha value is -0.540. The van der Waals surface area contributed by atoms with E-state index in [1.807, 2.05) is 13.8 Å². The number of aromatic nitrogens is 2. The first-order valence-electron chi connectivity index (χ1n) is 3.50. The lowest BCUT2D eigenvalue weighted by Gasteiger charge is -1.96. The third-order valence-electron chi connectivity index (χ3n) is 1.45. The topological polar surface area (TPSA) is 48.9 Å². The van der Waals surface area contributed by atoms with Crippen molar-refractivity contribution in [1.29, 1.82) is 0 Å². The van der Waals surface area contributed by atoms with Gasteiger partial charge in [0.25, 0.3) is 0 Å². The molecule has 0 aliphatic carbocycles. The van der Waals surface area contributed by atoms with E-state index in [2.05, 4.69) is 9.97 Å². The first kappa shape index (κ1) is 8.56. The Labute approximate surface area is 70.4 Å². The van der Waals surface area contributed by atoms with E-state index in [1.54, 1.807) is 0 Å². The largest absolute Gasteiger partial charge is 0.390 e. The summed E-state index contributed by atoms with van der Waals surface area (Å²) >= 11 is 5.69. The van der Waals surface area contributed by atoms with Crippen LogP contribution in [0.3, 0.4) is 0 Å². The Morgan fingerprint density at radius 3 is 2.55 bits per heavy atom. The number of rotatable bonds is 2. The van der Waals surface area contributed by atoms with E-state index in [0.29, 0.717) is 16.8 Å². The molecule has 0 fully saturated rings. The van der Waals surface area contributed by atoms with Crippen LogP contribution in [0.25, 0.3) is 0 Å². The molecule has 0 spiro atoms. The van der Waals surface area contributed by atoms with Crippen molar-refractivity contribution >= 4 is 11.6 Å². The summed E-state index contributed by atoms with van der Waals surface area (Å²) in [6, 6.07) is 0. The van der Waals surface area contributed by atoms with Gasteiger partial charge in [0.05, 0.1) is 12.3 Å². The number of hydrogen-bond acceptors (Lipinski definition) is 2. The standard InChI is InChI=1S/C7H11ClN2O/c1-4(2)7-9-5(3-11)6(8)10-7/h4,11H,3H2,1-2H3,(H,9,10). The van der Waals surface area contributed by atoms with Crippen LogP contribution in [0.5, 0.6) is 0 Å². The van der Waals surface area contributed by atoms with E-state index >= 15 is 0 Å². The zero-order chi connectivity index (χ0) is 8.43. The van der Waals surface area contributed by atoms with E-state index in [1.165, 1.54) is 0 Å². The normalized spacial score (nSPS) is 11.0. The molecule has 0 aromatic carbocycles. The Kier molecular flexibility index (Phi) is 2.52. The quantitative estimate of drug-likeness (QED) is 0.717. The van der Waals surface area contributed by atoms with Gasteiger partial charge >= 0.3 is 0 Å². The third-order valence-corrected chi connectivity index (χ3v) is 1.76. The fraction of sp³-hybridized carbons (Fsp3) is 0.571. The molecule has 1 aromatic heterocycles. The number of nitrogens with one attached hydrogen (secondary N) is 1. The summed E-state index contributed by atoms with van der Waals surface area (Å²) in [7, 11) is 0. The number of hydrogen-bond donors (Lipinski definition) is 2. The highest BCUT2D eigenvalue weighted by atomic mass is 35.5. The highest BCUT2D eigenvalue weighted by Gasteiger charge is 2.08. The van der Waals surface area contributed by atoms with Crippen LogP contribution in [0, 0.1) is 0 Å². The van der Waals surface area contributed by atoms with Crippen molar-refractivity contribution in [3.05, 3.63) is 16.7 Å². The molecule has 0 radical (unpaired) electrons. The second kappa shape index (κ2) is 3.24. The fourth-order valence-electron chi connectivity index (χ4n) is 0.786. The van der Waals surface area contributed by atoms with Crippen molar-refractivity contribution in [3.8, 4) is 0 Å². The van der Waals surface area contributed by atoms with Crippen LogP contribution >= 0.6 is 11.6 Å². The van der Waals surface area contributed by atoms with Gasteiger partial charge in [-0.2, -0.15) is 0 Å². The van der Waals surface area contributed by atoms with Crippen LogP contribution < -0.4 is 0 Å². The molecule has 0 aliphatic rings. The number of imidazole rings is 1. The molecule has 62 valence electrons. The summed E-state index contributed by atoms with van der Waals surface area (Å²) in [6.45, 7) is 3.94. The van der Waals surface area contributed by atoms with Crippen molar-refractivity contribution in [2.45, 2.75) is 26.4 Å². The Morgan fingerprint density at radius 2 is 2.27 bits per heavy atom. The van der Waals surface area contributed by atoms with Gasteiger partial charge in [0.1, 0.15) is 5.82 Å². The molecule has 0 saturated heterocycles. The molecule has 0 bridgehead atoms. The van der Waals surface area contributed by atoms with Gasteiger partial charge in [-0.15, -0.1) is 0 Å². The molecule has 1 heterocycles. The van der Waals surface area contributed by atoms with Gasteiger partial charge in [-0.25, -0.2) is 4.98 Å². The van der Waals surface area contributed by atoms with E-state index < -0.39 is 0 Å². The van der Waals surface area contributed by atoms with Crippen LogP contribution in [-0.4, -0.2) is 15.1 Å². The van der Waals surface area contributed by atoms with Crippen LogP contribution in [0.4, 0.5) is 0 Å². The van der Waals surface area contributed by atoms with Crippen molar-refractivity contribution in [2.24, 2.45) is 0 Å². The Balaban J connectivity index is 2.95. The molecule has 3 nitrogen and oxygen atoms in total. The predicted octanol–water partition coefficient (Wildman–Crippen LogP) is 1.68. The van der Waals surface area contributed by atoms with Crippen LogP contribution in [0.15, 0.2) is 0 Å². The van der Waals surface area contributed by atoms with Crippen LogP contribution in [-0.2, 0) is 6.61 Å². The SMILES string of the molecule is CC(C)c1nc(Cl)c(CO)[nH]1. The molecule has 1 aromatic rings. The minimum Gasteiger partial charge on any atom is -0.390 e. The van der Waals surface area contributed by atoms with Gasteiger partial charge in [-0.1, -0.05) is 25.4 Å². The maximum atomic E-state index is 8.76. The fourth-order valence-corrected chi connectivity index (χ4v) is 0.984. The van der Waals surface area contributed by atoms with Crippen molar-refractivity contribution < 1.29 is 5.11 Å². The van der Waals surface area contributed by atoms with Gasteiger partial charge in [-0.05, 0) is 0 Å². The maximum Gasteiger partial charge on any atom is 0.152 e. The van der Waals surface area contributed by atoms with E-state index in [9.17, 15) is 0 Å². The molecule has 0 saturated carbocycles. The summed E-state index contributed by atoms with van der Waals surface area (Å²) < 4.78 is 0. The highest BCUT2D eigenvalue weighted by Crippen LogP contribution is 2.17. The summed E-state index contributed by atoms with van der Waals surface area (Å²) in [5, 5.41) is 9.13. The zero-order valence-corrected chi connectivity index (χ0v) is 7.31. The Bertz CT molecular complexity index is 245. The minimum atomic E-state index is -0.0848. The number of aromatic amines is 1. The summed E-state index contributed by atoms with van der Waals surface area (Å²) in [5.41, 5.74) is 0.593.